The molecular formula is C10H14N4OS. The van der Waals surface area contributed by atoms with E-state index in [9.17, 15) is 4.79 Å². The summed E-state index contributed by atoms with van der Waals surface area (Å²) in [5.41, 5.74) is 0.938. The van der Waals surface area contributed by atoms with Crippen LogP contribution in [0.1, 0.15) is 30.1 Å². The van der Waals surface area contributed by atoms with Crippen LogP contribution in [0.15, 0.2) is 10.4 Å². The monoisotopic (exact) mass is 238 g/mol. The molecule has 0 bridgehead atoms. The lowest BCUT2D eigenvalue weighted by Gasteiger charge is -2.02. The van der Waals surface area contributed by atoms with Gasteiger partial charge in [0.15, 0.2) is 12.0 Å². The summed E-state index contributed by atoms with van der Waals surface area (Å²) in [5, 5.41) is 8.48. The number of nitrogens with zero attached hydrogens (tertiary/aromatic N) is 2. The smallest absolute Gasteiger partial charge is 0.256 e. The summed E-state index contributed by atoms with van der Waals surface area (Å²) in [6.07, 6.45) is 0.960. The van der Waals surface area contributed by atoms with Crippen LogP contribution in [0.5, 0.6) is 0 Å². The molecule has 16 heavy (non-hydrogen) atoms. The molecule has 1 aromatic rings. The van der Waals surface area contributed by atoms with Crippen LogP contribution in [0.4, 0.5) is 0 Å². The normalized spacial score (nSPS) is 22.2. The van der Waals surface area contributed by atoms with Crippen LogP contribution < -0.4 is 10.6 Å². The molecule has 1 aliphatic heterocycles. The number of hydrogen-bond donors (Lipinski definition) is 2. The summed E-state index contributed by atoms with van der Waals surface area (Å²) in [6, 6.07) is -0.380. The largest absolute Gasteiger partial charge is 0.338 e. The summed E-state index contributed by atoms with van der Waals surface area (Å²) < 4.78 is 0. The Morgan fingerprint density at radius 1 is 1.62 bits per heavy atom. The number of nitrogens with one attached hydrogen (secondary N) is 2. The third-order valence-corrected chi connectivity index (χ3v) is 3.19. The van der Waals surface area contributed by atoms with Crippen LogP contribution in [0, 0.1) is 6.92 Å². The van der Waals surface area contributed by atoms with Gasteiger partial charge in [-0.3, -0.25) is 15.1 Å². The first-order chi connectivity index (χ1) is 7.70. The summed E-state index contributed by atoms with van der Waals surface area (Å²) in [4.78, 5) is 20.2. The number of aryl methyl sites for hydroxylation is 1. The lowest BCUT2D eigenvalue weighted by Crippen LogP contribution is -2.25. The average molecular weight is 238 g/mol. The van der Waals surface area contributed by atoms with Gasteiger partial charge in [-0.25, -0.2) is 4.98 Å². The van der Waals surface area contributed by atoms with Crippen LogP contribution in [-0.2, 0) is 4.79 Å². The highest BCUT2D eigenvalue weighted by Crippen LogP contribution is 2.20. The van der Waals surface area contributed by atoms with Gasteiger partial charge >= 0.3 is 0 Å². The fourth-order valence-corrected chi connectivity index (χ4v) is 2.26. The van der Waals surface area contributed by atoms with E-state index in [1.54, 1.807) is 0 Å². The number of guanidine groups is 1. The van der Waals surface area contributed by atoms with Crippen molar-refractivity contribution in [2.75, 3.05) is 6.54 Å². The molecule has 2 rings (SSSR count). The van der Waals surface area contributed by atoms with Crippen LogP contribution >= 0.6 is 11.3 Å². The Balaban J connectivity index is 2.11. The lowest BCUT2D eigenvalue weighted by atomic mass is 10.3. The molecule has 1 fully saturated rings. The molecule has 86 valence electrons. The van der Waals surface area contributed by atoms with Crippen molar-refractivity contribution in [3.05, 3.63) is 16.1 Å². The summed E-state index contributed by atoms with van der Waals surface area (Å²) in [6.45, 7) is 4.67. The van der Waals surface area contributed by atoms with Gasteiger partial charge in [0.05, 0.1) is 0 Å². The van der Waals surface area contributed by atoms with Gasteiger partial charge in [-0.15, -0.1) is 11.3 Å². The second-order valence-electron chi connectivity index (χ2n) is 3.62. The SMILES string of the molecule is CCCN=C1NC(=O)C(c2nc(C)cs2)N1. The van der Waals surface area contributed by atoms with E-state index in [1.807, 2.05) is 19.2 Å². The molecule has 1 unspecified atom stereocenters. The van der Waals surface area contributed by atoms with Gasteiger partial charge < -0.3 is 5.32 Å². The minimum Gasteiger partial charge on any atom is -0.338 e. The molecule has 2 N–H and O–H groups in total. The molecule has 1 atom stereocenters. The Morgan fingerprint density at radius 2 is 2.44 bits per heavy atom. The van der Waals surface area contributed by atoms with Crippen LogP contribution in [0.25, 0.3) is 0 Å². The van der Waals surface area contributed by atoms with E-state index >= 15 is 0 Å². The van der Waals surface area contributed by atoms with Crippen molar-refractivity contribution >= 4 is 23.2 Å². The van der Waals surface area contributed by atoms with E-state index in [-0.39, 0.29) is 11.9 Å². The zero-order valence-electron chi connectivity index (χ0n) is 9.28. The van der Waals surface area contributed by atoms with Gasteiger partial charge in [0.25, 0.3) is 5.91 Å². The number of carbonyl (C=O) groups excluding carboxylic acids is 1. The maximum Gasteiger partial charge on any atom is 0.256 e. The number of rotatable bonds is 3. The molecule has 0 aromatic carbocycles. The zero-order chi connectivity index (χ0) is 11.5. The van der Waals surface area contributed by atoms with Crippen molar-refractivity contribution in [2.45, 2.75) is 26.3 Å². The number of hydrogen-bond acceptors (Lipinski definition) is 4. The highest BCUT2D eigenvalue weighted by atomic mass is 32.1. The quantitative estimate of drug-likeness (QED) is 0.825. The molecule has 2 heterocycles. The molecule has 5 nitrogen and oxygen atoms in total. The van der Waals surface area contributed by atoms with Crippen LogP contribution in [-0.4, -0.2) is 23.4 Å². The fourth-order valence-electron chi connectivity index (χ4n) is 1.41. The number of carbonyl (C=O) groups is 1. The Morgan fingerprint density at radius 3 is 3.06 bits per heavy atom. The molecule has 6 heteroatoms. The van der Waals surface area contributed by atoms with Gasteiger partial charge in [0, 0.05) is 17.6 Å². The van der Waals surface area contributed by atoms with Crippen LogP contribution in [0.3, 0.4) is 0 Å². The first-order valence-corrected chi connectivity index (χ1v) is 6.12. The lowest BCUT2D eigenvalue weighted by molar-refractivity contribution is -0.120. The molecule has 1 aromatic heterocycles. The Labute approximate surface area is 98.0 Å². The first kappa shape index (κ1) is 11.1. The number of aromatic nitrogens is 1. The van der Waals surface area contributed by atoms with Gasteiger partial charge in [-0.05, 0) is 13.3 Å². The highest BCUT2D eigenvalue weighted by Gasteiger charge is 2.31. The van der Waals surface area contributed by atoms with Gasteiger partial charge in [-0.2, -0.15) is 0 Å². The van der Waals surface area contributed by atoms with Gasteiger partial charge in [0.1, 0.15) is 5.01 Å². The maximum atomic E-state index is 11.7. The first-order valence-electron chi connectivity index (χ1n) is 5.24. The minimum atomic E-state index is -0.380. The Bertz CT molecular complexity index is 426. The predicted molar refractivity (Wildman–Crippen MR) is 63.5 cm³/mol. The van der Waals surface area contributed by atoms with Crippen molar-refractivity contribution < 1.29 is 4.79 Å². The molecule has 1 amide bonds. The van der Waals surface area contributed by atoms with E-state index < -0.39 is 0 Å². The standard InChI is InChI=1S/C10H14N4OS/c1-3-4-11-10-13-7(8(15)14-10)9-12-6(2)5-16-9/h5,7H,3-4H2,1-2H3,(H2,11,13,14,15). The number of thiazole rings is 1. The van der Waals surface area contributed by atoms with Crippen molar-refractivity contribution in [3.8, 4) is 0 Å². The average Bonchev–Trinajstić information content (AvgIpc) is 2.82. The minimum absolute atomic E-state index is 0.0794. The van der Waals surface area contributed by atoms with Crippen LogP contribution in [0.2, 0.25) is 0 Å². The molecule has 1 aliphatic rings. The zero-order valence-corrected chi connectivity index (χ0v) is 10.1. The third kappa shape index (κ3) is 2.21. The van der Waals surface area contributed by atoms with E-state index in [1.165, 1.54) is 11.3 Å². The van der Waals surface area contributed by atoms with Crippen molar-refractivity contribution in [1.29, 1.82) is 0 Å². The molecule has 0 spiro atoms. The second-order valence-corrected chi connectivity index (χ2v) is 4.51. The Kier molecular flexibility index (Phi) is 3.19. The predicted octanol–water partition coefficient (Wildman–Crippen LogP) is 0.978. The van der Waals surface area contributed by atoms with E-state index in [0.29, 0.717) is 12.5 Å². The molecule has 0 aliphatic carbocycles. The molecule has 1 saturated heterocycles. The Hall–Kier alpha value is -1.43. The third-order valence-electron chi connectivity index (χ3n) is 2.16. The highest BCUT2D eigenvalue weighted by molar-refractivity contribution is 7.09. The molecular weight excluding hydrogens is 224 g/mol. The van der Waals surface area contributed by atoms with E-state index in [2.05, 4.69) is 20.6 Å². The molecule has 0 radical (unpaired) electrons. The maximum absolute atomic E-state index is 11.7. The molecule has 0 saturated carbocycles. The van der Waals surface area contributed by atoms with Gasteiger partial charge in [0.2, 0.25) is 0 Å². The fraction of sp³-hybridized carbons (Fsp3) is 0.500. The number of amides is 1. The van der Waals surface area contributed by atoms with Crippen molar-refractivity contribution in [3.63, 3.8) is 0 Å². The van der Waals surface area contributed by atoms with Crippen molar-refractivity contribution in [1.82, 2.24) is 15.6 Å². The second kappa shape index (κ2) is 4.61. The number of aliphatic imine (C=N–C) groups is 1. The summed E-state index contributed by atoms with van der Waals surface area (Å²) in [7, 11) is 0. The van der Waals surface area contributed by atoms with Crippen molar-refractivity contribution in [2.24, 2.45) is 4.99 Å². The van der Waals surface area contributed by atoms with E-state index in [0.717, 1.165) is 17.1 Å². The van der Waals surface area contributed by atoms with E-state index in [4.69, 9.17) is 0 Å². The van der Waals surface area contributed by atoms with Gasteiger partial charge in [-0.1, -0.05) is 6.92 Å². The topological polar surface area (TPSA) is 66.4 Å². The summed E-state index contributed by atoms with van der Waals surface area (Å²) in [5.74, 6) is 0.480. The summed E-state index contributed by atoms with van der Waals surface area (Å²) >= 11 is 1.49.